The van der Waals surface area contributed by atoms with Crippen molar-refractivity contribution in [2.75, 3.05) is 5.32 Å². The molecule has 3 rings (SSSR count). The van der Waals surface area contributed by atoms with Crippen LogP contribution in [0, 0.1) is 13.8 Å². The summed E-state index contributed by atoms with van der Waals surface area (Å²) in [5.41, 5.74) is 2.34. The molecular weight excluding hydrogens is 310 g/mol. The maximum Gasteiger partial charge on any atom is 0.322 e. The van der Waals surface area contributed by atoms with Gasteiger partial charge in [0.25, 0.3) is 5.91 Å². The Morgan fingerprint density at radius 3 is 2.57 bits per heavy atom. The second-order valence-electron chi connectivity index (χ2n) is 4.99. The fraction of sp³-hybridized carbons (Fsp3) is 0.118. The number of rotatable bonds is 4. The van der Waals surface area contributed by atoms with E-state index in [9.17, 15) is 4.79 Å². The van der Waals surface area contributed by atoms with E-state index in [-0.39, 0.29) is 5.91 Å². The van der Waals surface area contributed by atoms with Crippen LogP contribution >= 0.6 is 11.3 Å². The van der Waals surface area contributed by atoms with Crippen LogP contribution in [0.25, 0.3) is 0 Å². The van der Waals surface area contributed by atoms with Crippen molar-refractivity contribution < 1.29 is 9.53 Å². The summed E-state index contributed by atoms with van der Waals surface area (Å²) in [6.07, 6.45) is 0. The van der Waals surface area contributed by atoms with Crippen LogP contribution in [0.3, 0.4) is 0 Å². The Morgan fingerprint density at radius 1 is 1.09 bits per heavy atom. The van der Waals surface area contributed by atoms with Crippen molar-refractivity contribution in [3.8, 4) is 11.8 Å². The van der Waals surface area contributed by atoms with E-state index in [1.807, 2.05) is 37.4 Å². The number of aromatic nitrogens is 2. The number of nitrogens with zero attached hydrogens (tertiary/aromatic N) is 2. The van der Waals surface area contributed by atoms with Crippen molar-refractivity contribution in [1.82, 2.24) is 9.97 Å². The molecule has 3 aromatic rings. The van der Waals surface area contributed by atoms with Crippen molar-refractivity contribution in [2.24, 2.45) is 0 Å². The third-order valence-corrected chi connectivity index (χ3v) is 3.88. The van der Waals surface area contributed by atoms with Gasteiger partial charge in [0, 0.05) is 23.1 Å². The van der Waals surface area contributed by atoms with Gasteiger partial charge in [-0.1, -0.05) is 12.1 Å². The standard InChI is InChI=1S/C17H15N3O2S/c1-11-9-12(2)19-17(18-11)22-14-6-3-5-13(10-14)20-16(21)15-7-4-8-23-15/h3-10H,1-2H3,(H,20,21). The highest BCUT2D eigenvalue weighted by molar-refractivity contribution is 7.12. The molecule has 0 spiro atoms. The summed E-state index contributed by atoms with van der Waals surface area (Å²) in [6, 6.07) is 13.0. The molecule has 23 heavy (non-hydrogen) atoms. The van der Waals surface area contributed by atoms with Crippen molar-refractivity contribution in [1.29, 1.82) is 0 Å². The molecule has 1 aromatic carbocycles. The van der Waals surface area contributed by atoms with Gasteiger partial charge in [-0.2, -0.15) is 0 Å². The minimum absolute atomic E-state index is 0.139. The molecule has 0 fully saturated rings. The summed E-state index contributed by atoms with van der Waals surface area (Å²) in [6.45, 7) is 3.78. The van der Waals surface area contributed by atoms with Gasteiger partial charge in [-0.3, -0.25) is 4.79 Å². The smallest absolute Gasteiger partial charge is 0.322 e. The van der Waals surface area contributed by atoms with E-state index in [4.69, 9.17) is 4.74 Å². The SMILES string of the molecule is Cc1cc(C)nc(Oc2cccc(NC(=O)c3cccs3)c2)n1. The van der Waals surface area contributed by atoms with E-state index in [0.717, 1.165) is 11.4 Å². The number of hydrogen-bond donors (Lipinski definition) is 1. The molecule has 6 heteroatoms. The van der Waals surface area contributed by atoms with Crippen LogP contribution in [-0.4, -0.2) is 15.9 Å². The fourth-order valence-electron chi connectivity index (χ4n) is 2.08. The van der Waals surface area contributed by atoms with Gasteiger partial charge in [-0.25, -0.2) is 9.97 Å². The second-order valence-corrected chi connectivity index (χ2v) is 5.94. The van der Waals surface area contributed by atoms with Gasteiger partial charge in [0.05, 0.1) is 4.88 Å². The topological polar surface area (TPSA) is 64.1 Å². The summed E-state index contributed by atoms with van der Waals surface area (Å²) in [4.78, 5) is 21.2. The van der Waals surface area contributed by atoms with Crippen LogP contribution in [0.5, 0.6) is 11.8 Å². The quantitative estimate of drug-likeness (QED) is 0.781. The Labute approximate surface area is 138 Å². The first-order valence-electron chi connectivity index (χ1n) is 7.05. The zero-order chi connectivity index (χ0) is 16.2. The summed E-state index contributed by atoms with van der Waals surface area (Å²) < 4.78 is 5.68. The number of nitrogens with one attached hydrogen (secondary N) is 1. The minimum atomic E-state index is -0.139. The Hall–Kier alpha value is -2.73. The average Bonchev–Trinajstić information content (AvgIpc) is 3.00. The highest BCUT2D eigenvalue weighted by atomic mass is 32.1. The van der Waals surface area contributed by atoms with Crippen molar-refractivity contribution in [3.05, 3.63) is 64.1 Å². The monoisotopic (exact) mass is 325 g/mol. The normalized spacial score (nSPS) is 10.3. The summed E-state index contributed by atoms with van der Waals surface area (Å²) in [5.74, 6) is 0.429. The lowest BCUT2D eigenvalue weighted by molar-refractivity contribution is 0.103. The maximum absolute atomic E-state index is 12.1. The number of ether oxygens (including phenoxy) is 1. The molecular formula is C17H15N3O2S. The van der Waals surface area contributed by atoms with E-state index < -0.39 is 0 Å². The first kappa shape index (κ1) is 15.2. The van der Waals surface area contributed by atoms with Gasteiger partial charge < -0.3 is 10.1 Å². The third-order valence-electron chi connectivity index (χ3n) is 3.01. The molecule has 0 unspecified atom stereocenters. The summed E-state index contributed by atoms with van der Waals surface area (Å²) >= 11 is 1.40. The number of anilines is 1. The fourth-order valence-corrected chi connectivity index (χ4v) is 2.70. The van der Waals surface area contributed by atoms with Crippen molar-refractivity contribution in [2.45, 2.75) is 13.8 Å². The molecule has 5 nitrogen and oxygen atoms in total. The summed E-state index contributed by atoms with van der Waals surface area (Å²) in [5, 5.41) is 4.71. The van der Waals surface area contributed by atoms with Gasteiger partial charge in [0.2, 0.25) is 0 Å². The van der Waals surface area contributed by atoms with Crippen LogP contribution in [0.4, 0.5) is 5.69 Å². The number of thiophene rings is 1. The number of aryl methyl sites for hydroxylation is 2. The van der Waals surface area contributed by atoms with Crippen molar-refractivity contribution in [3.63, 3.8) is 0 Å². The van der Waals surface area contributed by atoms with E-state index in [2.05, 4.69) is 15.3 Å². The van der Waals surface area contributed by atoms with Gasteiger partial charge >= 0.3 is 6.01 Å². The second kappa shape index (κ2) is 6.58. The number of amides is 1. The van der Waals surface area contributed by atoms with E-state index in [1.54, 1.807) is 24.3 Å². The highest BCUT2D eigenvalue weighted by Gasteiger charge is 2.08. The van der Waals surface area contributed by atoms with Crippen LogP contribution in [0.15, 0.2) is 47.8 Å². The van der Waals surface area contributed by atoms with Crippen LogP contribution in [0.1, 0.15) is 21.1 Å². The van der Waals surface area contributed by atoms with Gasteiger partial charge in [0.1, 0.15) is 5.75 Å². The maximum atomic E-state index is 12.1. The van der Waals surface area contributed by atoms with Crippen LogP contribution in [0.2, 0.25) is 0 Å². The molecule has 2 heterocycles. The first-order chi connectivity index (χ1) is 11.1. The molecule has 0 saturated carbocycles. The van der Waals surface area contributed by atoms with E-state index >= 15 is 0 Å². The molecule has 0 aliphatic heterocycles. The highest BCUT2D eigenvalue weighted by Crippen LogP contribution is 2.23. The lowest BCUT2D eigenvalue weighted by Gasteiger charge is -2.08. The number of benzene rings is 1. The van der Waals surface area contributed by atoms with Crippen LogP contribution < -0.4 is 10.1 Å². The average molecular weight is 325 g/mol. The van der Waals surface area contributed by atoms with Gasteiger partial charge in [0.15, 0.2) is 0 Å². The molecule has 1 amide bonds. The number of carbonyl (C=O) groups excluding carboxylic acids is 1. The third kappa shape index (κ3) is 3.92. The Bertz CT molecular complexity index is 811. The number of hydrogen-bond acceptors (Lipinski definition) is 5. The molecule has 0 aliphatic carbocycles. The van der Waals surface area contributed by atoms with Crippen LogP contribution in [-0.2, 0) is 0 Å². The number of carbonyl (C=O) groups is 1. The lowest BCUT2D eigenvalue weighted by Crippen LogP contribution is -2.09. The molecule has 1 N–H and O–H groups in total. The zero-order valence-corrected chi connectivity index (χ0v) is 13.6. The Kier molecular flexibility index (Phi) is 4.34. The molecule has 116 valence electrons. The van der Waals surface area contributed by atoms with E-state index in [1.165, 1.54) is 11.3 Å². The molecule has 2 aromatic heterocycles. The van der Waals surface area contributed by atoms with Gasteiger partial charge in [-0.15, -0.1) is 11.3 Å². The molecule has 0 saturated heterocycles. The Balaban J connectivity index is 1.76. The summed E-state index contributed by atoms with van der Waals surface area (Å²) in [7, 11) is 0. The first-order valence-corrected chi connectivity index (χ1v) is 7.93. The predicted octanol–water partition coefficient (Wildman–Crippen LogP) is 4.20. The zero-order valence-electron chi connectivity index (χ0n) is 12.7. The largest absolute Gasteiger partial charge is 0.424 e. The van der Waals surface area contributed by atoms with E-state index in [0.29, 0.717) is 22.3 Å². The van der Waals surface area contributed by atoms with Gasteiger partial charge in [-0.05, 0) is 43.5 Å². The predicted molar refractivity (Wildman–Crippen MR) is 90.3 cm³/mol. The molecule has 0 bridgehead atoms. The van der Waals surface area contributed by atoms with Crippen molar-refractivity contribution >= 4 is 22.9 Å². The molecule has 0 radical (unpaired) electrons. The minimum Gasteiger partial charge on any atom is -0.424 e. The molecule has 0 atom stereocenters. The molecule has 0 aliphatic rings. The lowest BCUT2D eigenvalue weighted by atomic mass is 10.3. The Morgan fingerprint density at radius 2 is 1.87 bits per heavy atom.